The predicted molar refractivity (Wildman–Crippen MR) is 55.9 cm³/mol. The van der Waals surface area contributed by atoms with Gasteiger partial charge in [0.05, 0.1) is 6.10 Å². The number of allylic oxidation sites excluding steroid dienone is 2. The van der Waals surface area contributed by atoms with Crippen molar-refractivity contribution >= 4 is 23.5 Å². The van der Waals surface area contributed by atoms with E-state index in [1.807, 2.05) is 24.7 Å². The van der Waals surface area contributed by atoms with Crippen molar-refractivity contribution in [1.29, 1.82) is 0 Å². The lowest BCUT2D eigenvalue weighted by Gasteiger charge is -1.95. The zero-order valence-corrected chi connectivity index (χ0v) is 8.71. The second-order valence-corrected chi connectivity index (χ2v) is 3.97. The Kier molecular flexibility index (Phi) is 6.91. The van der Waals surface area contributed by atoms with Crippen LogP contribution in [0.15, 0.2) is 22.5 Å². The molecule has 0 aromatic rings. The van der Waals surface area contributed by atoms with Crippen molar-refractivity contribution < 1.29 is 5.11 Å². The Morgan fingerprint density at radius 1 is 1.36 bits per heavy atom. The molecule has 0 heterocycles. The summed E-state index contributed by atoms with van der Waals surface area (Å²) in [7, 11) is 0. The summed E-state index contributed by atoms with van der Waals surface area (Å²) in [4.78, 5) is 0. The van der Waals surface area contributed by atoms with Crippen LogP contribution in [-0.4, -0.2) is 23.7 Å². The van der Waals surface area contributed by atoms with Crippen LogP contribution >= 0.6 is 23.5 Å². The summed E-state index contributed by atoms with van der Waals surface area (Å²) in [6, 6.07) is 0. The van der Waals surface area contributed by atoms with E-state index in [9.17, 15) is 0 Å². The van der Waals surface area contributed by atoms with E-state index in [0.717, 1.165) is 0 Å². The van der Waals surface area contributed by atoms with Gasteiger partial charge >= 0.3 is 0 Å². The second kappa shape index (κ2) is 6.83. The Hall–Kier alpha value is 0.140. The normalized spacial score (nSPS) is 13.5. The molecule has 0 aliphatic carbocycles. The summed E-state index contributed by atoms with van der Waals surface area (Å²) < 4.78 is 1.25. The molecule has 1 N–H and O–H groups in total. The van der Waals surface area contributed by atoms with Gasteiger partial charge in [0, 0.05) is 4.24 Å². The van der Waals surface area contributed by atoms with E-state index in [1.54, 1.807) is 36.5 Å². The van der Waals surface area contributed by atoms with E-state index in [1.165, 1.54) is 4.24 Å². The Bertz CT molecular complexity index is 144. The molecule has 0 fully saturated rings. The summed E-state index contributed by atoms with van der Waals surface area (Å²) >= 11 is 3.43. The quantitative estimate of drug-likeness (QED) is 0.688. The Balaban J connectivity index is 3.87. The van der Waals surface area contributed by atoms with Gasteiger partial charge in [0.2, 0.25) is 0 Å². The van der Waals surface area contributed by atoms with Gasteiger partial charge < -0.3 is 5.11 Å². The van der Waals surface area contributed by atoms with Crippen LogP contribution in [0.3, 0.4) is 0 Å². The van der Waals surface area contributed by atoms with Gasteiger partial charge in [-0.25, -0.2) is 0 Å². The van der Waals surface area contributed by atoms with Gasteiger partial charge in [0.15, 0.2) is 0 Å². The summed E-state index contributed by atoms with van der Waals surface area (Å²) in [6.07, 6.45) is 9.37. The van der Waals surface area contributed by atoms with Gasteiger partial charge in [-0.3, -0.25) is 0 Å². The summed E-state index contributed by atoms with van der Waals surface area (Å²) in [5.74, 6) is 0. The van der Waals surface area contributed by atoms with Crippen LogP contribution in [0.5, 0.6) is 0 Å². The molecule has 0 aromatic heterocycles. The molecule has 64 valence electrons. The van der Waals surface area contributed by atoms with Crippen molar-refractivity contribution in [1.82, 2.24) is 0 Å². The van der Waals surface area contributed by atoms with E-state index in [0.29, 0.717) is 0 Å². The molecule has 0 saturated heterocycles. The highest BCUT2D eigenvalue weighted by Gasteiger charge is 1.87. The lowest BCUT2D eigenvalue weighted by atomic mass is 10.3. The van der Waals surface area contributed by atoms with Gasteiger partial charge in [-0.15, -0.1) is 23.5 Å². The molecule has 0 aliphatic rings. The van der Waals surface area contributed by atoms with Gasteiger partial charge in [-0.1, -0.05) is 12.2 Å². The van der Waals surface area contributed by atoms with E-state index in [4.69, 9.17) is 5.11 Å². The zero-order chi connectivity index (χ0) is 8.69. The first-order valence-electron chi connectivity index (χ1n) is 3.35. The molecule has 0 radical (unpaired) electrons. The van der Waals surface area contributed by atoms with Crippen molar-refractivity contribution in [2.75, 3.05) is 12.5 Å². The topological polar surface area (TPSA) is 20.2 Å². The monoisotopic (exact) mass is 190 g/mol. The maximum atomic E-state index is 8.88. The van der Waals surface area contributed by atoms with Crippen LogP contribution in [0.25, 0.3) is 0 Å². The van der Waals surface area contributed by atoms with E-state index in [-0.39, 0.29) is 6.10 Å². The third kappa shape index (κ3) is 6.53. The average Bonchev–Trinajstić information content (AvgIpc) is 1.98. The number of aliphatic hydroxyl groups excluding tert-OH is 1. The van der Waals surface area contributed by atoms with Crippen molar-refractivity contribution in [3.05, 3.63) is 22.5 Å². The fourth-order valence-corrected chi connectivity index (χ4v) is 1.61. The van der Waals surface area contributed by atoms with Crippen LogP contribution in [0.2, 0.25) is 0 Å². The first kappa shape index (κ1) is 11.1. The fraction of sp³-hybridized carbons (Fsp3) is 0.500. The van der Waals surface area contributed by atoms with Crippen molar-refractivity contribution in [3.63, 3.8) is 0 Å². The molecule has 0 aromatic carbocycles. The Labute approximate surface area is 77.0 Å². The van der Waals surface area contributed by atoms with Crippen LogP contribution in [0.1, 0.15) is 6.92 Å². The molecule has 1 atom stereocenters. The molecule has 3 heteroatoms. The van der Waals surface area contributed by atoms with Crippen LogP contribution in [-0.2, 0) is 0 Å². The van der Waals surface area contributed by atoms with Gasteiger partial charge in [0.25, 0.3) is 0 Å². The van der Waals surface area contributed by atoms with Gasteiger partial charge in [-0.2, -0.15) is 0 Å². The minimum Gasteiger partial charge on any atom is -0.389 e. The van der Waals surface area contributed by atoms with E-state index < -0.39 is 0 Å². The second-order valence-electron chi connectivity index (χ2n) is 2.02. The lowest BCUT2D eigenvalue weighted by molar-refractivity contribution is 0.244. The molecule has 0 amide bonds. The number of aliphatic hydroxyl groups is 1. The average molecular weight is 190 g/mol. The van der Waals surface area contributed by atoms with E-state index >= 15 is 0 Å². The third-order valence-corrected chi connectivity index (χ3v) is 3.10. The summed E-state index contributed by atoms with van der Waals surface area (Å²) in [5, 5.41) is 8.88. The zero-order valence-electron chi connectivity index (χ0n) is 7.07. The molecule has 0 rings (SSSR count). The van der Waals surface area contributed by atoms with Crippen LogP contribution in [0.4, 0.5) is 0 Å². The van der Waals surface area contributed by atoms with Crippen LogP contribution < -0.4 is 0 Å². The Morgan fingerprint density at radius 3 is 2.27 bits per heavy atom. The summed E-state index contributed by atoms with van der Waals surface area (Å²) in [6.45, 7) is 1.74. The molecular weight excluding hydrogens is 176 g/mol. The largest absolute Gasteiger partial charge is 0.389 e. The first-order chi connectivity index (χ1) is 5.20. The molecular formula is C8H14OS2. The summed E-state index contributed by atoms with van der Waals surface area (Å²) in [5.41, 5.74) is 0. The van der Waals surface area contributed by atoms with Crippen LogP contribution in [0, 0.1) is 0 Å². The minimum atomic E-state index is -0.351. The standard InChI is InChI=1S/C8H14OS2/c1-7(9)5-4-6-8(10-2)11-3/h4-7,9H,1-3H3/b5-4+. The molecule has 1 unspecified atom stereocenters. The molecule has 1 nitrogen and oxygen atoms in total. The number of thioether (sulfide) groups is 2. The maximum absolute atomic E-state index is 8.88. The fourth-order valence-electron chi connectivity index (χ4n) is 0.514. The number of hydrogen-bond acceptors (Lipinski definition) is 3. The first-order valence-corrected chi connectivity index (χ1v) is 5.80. The van der Waals surface area contributed by atoms with Crippen molar-refractivity contribution in [3.8, 4) is 0 Å². The highest BCUT2D eigenvalue weighted by atomic mass is 32.2. The predicted octanol–water partition coefficient (Wildman–Crippen LogP) is 2.49. The van der Waals surface area contributed by atoms with Gasteiger partial charge in [-0.05, 0) is 25.5 Å². The van der Waals surface area contributed by atoms with Crippen molar-refractivity contribution in [2.24, 2.45) is 0 Å². The van der Waals surface area contributed by atoms with E-state index in [2.05, 4.69) is 0 Å². The molecule has 0 aliphatic heterocycles. The SMILES string of the molecule is CSC(=C/C=C/C(C)O)SC. The molecule has 0 spiro atoms. The third-order valence-electron chi connectivity index (χ3n) is 1.02. The smallest absolute Gasteiger partial charge is 0.0695 e. The molecule has 11 heavy (non-hydrogen) atoms. The maximum Gasteiger partial charge on any atom is 0.0695 e. The lowest BCUT2D eigenvalue weighted by Crippen LogP contribution is -1.90. The number of rotatable bonds is 4. The highest BCUT2D eigenvalue weighted by Crippen LogP contribution is 2.22. The molecule has 0 bridgehead atoms. The van der Waals surface area contributed by atoms with Gasteiger partial charge in [0.1, 0.15) is 0 Å². The molecule has 0 saturated carbocycles. The number of hydrogen-bond donors (Lipinski definition) is 1. The Morgan fingerprint density at radius 2 is 1.91 bits per heavy atom. The minimum absolute atomic E-state index is 0.351. The highest BCUT2D eigenvalue weighted by molar-refractivity contribution is 8.21. The van der Waals surface area contributed by atoms with Crippen molar-refractivity contribution in [2.45, 2.75) is 13.0 Å².